The molecule has 1 aromatic rings. The van der Waals surface area contributed by atoms with E-state index < -0.39 is 11.2 Å². The lowest BCUT2D eigenvalue weighted by Crippen LogP contribution is -2.49. The van der Waals surface area contributed by atoms with Crippen LogP contribution in [0.4, 0.5) is 11.5 Å². The number of amides is 1. The van der Waals surface area contributed by atoms with Gasteiger partial charge in [0, 0.05) is 25.7 Å². The van der Waals surface area contributed by atoms with E-state index in [4.69, 9.17) is 5.73 Å². The number of H-pyrrole nitrogens is 1. The van der Waals surface area contributed by atoms with E-state index in [-0.39, 0.29) is 35.8 Å². The standard InChI is InChI=1S/C23H40N6O3/c1-16(2)12-28(20-21(24)29(13-17(3)4)23(32)25-22(20)31)19(30)15-27-11-7-8-18(27)14-26-9-5-6-10-26/h16-18H,5-15,24H2,1-4H3,(H,25,31,32). The molecule has 1 atom stereocenters. The van der Waals surface area contributed by atoms with Crippen molar-refractivity contribution in [2.75, 3.05) is 49.9 Å². The van der Waals surface area contributed by atoms with Gasteiger partial charge >= 0.3 is 5.69 Å². The van der Waals surface area contributed by atoms with Crippen LogP contribution in [0.3, 0.4) is 0 Å². The van der Waals surface area contributed by atoms with Crippen LogP contribution in [0.2, 0.25) is 0 Å². The monoisotopic (exact) mass is 448 g/mol. The van der Waals surface area contributed by atoms with Gasteiger partial charge in [-0.25, -0.2) is 4.79 Å². The molecule has 3 heterocycles. The van der Waals surface area contributed by atoms with Crippen LogP contribution in [-0.2, 0) is 11.3 Å². The molecule has 0 saturated carbocycles. The number of nitrogens with two attached hydrogens (primary N) is 1. The molecule has 1 unspecified atom stereocenters. The summed E-state index contributed by atoms with van der Waals surface area (Å²) >= 11 is 0. The van der Waals surface area contributed by atoms with Crippen molar-refractivity contribution in [1.29, 1.82) is 0 Å². The van der Waals surface area contributed by atoms with Crippen LogP contribution < -0.4 is 21.9 Å². The second-order valence-electron chi connectivity index (χ2n) is 10.2. The van der Waals surface area contributed by atoms with Gasteiger partial charge in [0.05, 0.1) is 6.54 Å². The number of nitrogens with zero attached hydrogens (tertiary/aromatic N) is 4. The predicted octanol–water partition coefficient (Wildman–Crippen LogP) is 1.32. The fourth-order valence-corrected chi connectivity index (χ4v) is 4.90. The maximum Gasteiger partial charge on any atom is 0.330 e. The SMILES string of the molecule is CC(C)CN(C(=O)CN1CCCC1CN1CCCC1)c1c(N)n(CC(C)C)c(=O)[nH]c1=O. The summed E-state index contributed by atoms with van der Waals surface area (Å²) < 4.78 is 1.37. The highest BCUT2D eigenvalue weighted by Gasteiger charge is 2.32. The summed E-state index contributed by atoms with van der Waals surface area (Å²) in [7, 11) is 0. The highest BCUT2D eigenvalue weighted by atomic mass is 16.2. The fourth-order valence-electron chi connectivity index (χ4n) is 4.90. The van der Waals surface area contributed by atoms with Gasteiger partial charge in [0.2, 0.25) is 5.91 Å². The summed E-state index contributed by atoms with van der Waals surface area (Å²) in [6.07, 6.45) is 4.68. The fraction of sp³-hybridized carbons (Fsp3) is 0.783. The van der Waals surface area contributed by atoms with Gasteiger partial charge in [0.25, 0.3) is 5.56 Å². The van der Waals surface area contributed by atoms with Crippen molar-refractivity contribution in [3.8, 4) is 0 Å². The van der Waals surface area contributed by atoms with Crippen molar-refractivity contribution in [3.63, 3.8) is 0 Å². The van der Waals surface area contributed by atoms with Gasteiger partial charge in [-0.05, 0) is 57.2 Å². The number of anilines is 2. The molecule has 3 rings (SSSR count). The predicted molar refractivity (Wildman–Crippen MR) is 128 cm³/mol. The second kappa shape index (κ2) is 10.7. The minimum absolute atomic E-state index is 0.0662. The van der Waals surface area contributed by atoms with Gasteiger partial charge in [0.15, 0.2) is 5.69 Å². The molecule has 9 nitrogen and oxygen atoms in total. The van der Waals surface area contributed by atoms with Crippen molar-refractivity contribution in [2.45, 2.75) is 66.0 Å². The normalized spacial score (nSPS) is 20.0. The Kier molecular flexibility index (Phi) is 8.16. The molecule has 2 saturated heterocycles. The molecule has 32 heavy (non-hydrogen) atoms. The number of aromatic nitrogens is 2. The molecule has 0 radical (unpaired) electrons. The Labute approximate surface area is 190 Å². The van der Waals surface area contributed by atoms with Gasteiger partial charge in [-0.2, -0.15) is 0 Å². The van der Waals surface area contributed by atoms with E-state index in [1.165, 1.54) is 22.3 Å². The van der Waals surface area contributed by atoms with Gasteiger partial charge in [-0.1, -0.05) is 27.7 Å². The first-order valence-corrected chi connectivity index (χ1v) is 12.1. The molecule has 9 heteroatoms. The minimum Gasteiger partial charge on any atom is -0.383 e. The zero-order chi connectivity index (χ0) is 23.4. The van der Waals surface area contributed by atoms with Crippen molar-refractivity contribution in [2.24, 2.45) is 11.8 Å². The quantitative estimate of drug-likeness (QED) is 0.590. The van der Waals surface area contributed by atoms with Crippen LogP contribution in [0.15, 0.2) is 9.59 Å². The average molecular weight is 449 g/mol. The maximum atomic E-state index is 13.5. The van der Waals surface area contributed by atoms with Crippen molar-refractivity contribution < 1.29 is 4.79 Å². The van der Waals surface area contributed by atoms with E-state index in [9.17, 15) is 14.4 Å². The van der Waals surface area contributed by atoms with Crippen LogP contribution in [0.1, 0.15) is 53.4 Å². The number of carbonyl (C=O) groups is 1. The molecule has 2 fully saturated rings. The van der Waals surface area contributed by atoms with E-state index in [1.807, 2.05) is 27.7 Å². The van der Waals surface area contributed by atoms with E-state index in [0.29, 0.717) is 19.1 Å². The third kappa shape index (κ3) is 5.81. The molecule has 0 spiro atoms. The summed E-state index contributed by atoms with van der Waals surface area (Å²) in [6.45, 7) is 13.1. The molecule has 0 bridgehead atoms. The Bertz CT molecular complexity index is 900. The molecule has 1 amide bonds. The van der Waals surface area contributed by atoms with Crippen LogP contribution in [0.5, 0.6) is 0 Å². The third-order valence-corrected chi connectivity index (χ3v) is 6.39. The highest BCUT2D eigenvalue weighted by Crippen LogP contribution is 2.23. The zero-order valence-electron chi connectivity index (χ0n) is 20.1. The molecule has 2 aliphatic rings. The smallest absolute Gasteiger partial charge is 0.330 e. The van der Waals surface area contributed by atoms with Crippen LogP contribution in [0, 0.1) is 11.8 Å². The highest BCUT2D eigenvalue weighted by molar-refractivity contribution is 5.96. The Hall–Kier alpha value is -2.13. The van der Waals surface area contributed by atoms with E-state index >= 15 is 0 Å². The van der Waals surface area contributed by atoms with Crippen molar-refractivity contribution in [1.82, 2.24) is 19.4 Å². The lowest BCUT2D eigenvalue weighted by Gasteiger charge is -2.31. The Morgan fingerprint density at radius 3 is 2.41 bits per heavy atom. The first-order valence-electron chi connectivity index (χ1n) is 12.1. The number of nitrogen functional groups attached to an aromatic ring is 1. The largest absolute Gasteiger partial charge is 0.383 e. The first kappa shape index (κ1) is 24.5. The number of hydrogen-bond donors (Lipinski definition) is 2. The molecule has 1 aromatic heterocycles. The van der Waals surface area contributed by atoms with E-state index in [0.717, 1.165) is 39.0 Å². The summed E-state index contributed by atoms with van der Waals surface area (Å²) in [5.41, 5.74) is 5.28. The lowest BCUT2D eigenvalue weighted by molar-refractivity contribution is -0.120. The van der Waals surface area contributed by atoms with E-state index in [2.05, 4.69) is 14.8 Å². The third-order valence-electron chi connectivity index (χ3n) is 6.39. The topological polar surface area (TPSA) is 108 Å². The number of rotatable bonds is 9. The van der Waals surface area contributed by atoms with Gasteiger partial charge < -0.3 is 15.5 Å². The van der Waals surface area contributed by atoms with Crippen LogP contribution in [-0.4, -0.2) is 70.6 Å². The lowest BCUT2D eigenvalue weighted by atomic mass is 10.1. The zero-order valence-corrected chi connectivity index (χ0v) is 20.1. The number of aromatic amines is 1. The van der Waals surface area contributed by atoms with Gasteiger partial charge in [0.1, 0.15) is 5.82 Å². The molecule has 180 valence electrons. The summed E-state index contributed by atoms with van der Waals surface area (Å²) in [5, 5.41) is 0. The molecule has 0 aliphatic carbocycles. The molecular weight excluding hydrogens is 408 g/mol. The maximum absolute atomic E-state index is 13.5. The second-order valence-corrected chi connectivity index (χ2v) is 10.2. The number of likely N-dealkylation sites (tertiary alicyclic amines) is 2. The minimum atomic E-state index is -0.600. The van der Waals surface area contributed by atoms with Gasteiger partial charge in [-0.15, -0.1) is 0 Å². The average Bonchev–Trinajstić information content (AvgIpc) is 3.36. The van der Waals surface area contributed by atoms with Crippen molar-refractivity contribution in [3.05, 3.63) is 20.8 Å². The van der Waals surface area contributed by atoms with E-state index in [1.54, 1.807) is 0 Å². The molecule has 2 aliphatic heterocycles. The van der Waals surface area contributed by atoms with Crippen LogP contribution in [0.25, 0.3) is 0 Å². The summed E-state index contributed by atoms with van der Waals surface area (Å²) in [6, 6.07) is 0.364. The Balaban J connectivity index is 1.85. The summed E-state index contributed by atoms with van der Waals surface area (Å²) in [5.74, 6) is 0.233. The Morgan fingerprint density at radius 1 is 1.09 bits per heavy atom. The van der Waals surface area contributed by atoms with Gasteiger partial charge in [-0.3, -0.25) is 24.0 Å². The number of hydrogen-bond acceptors (Lipinski definition) is 6. The number of carbonyl (C=O) groups excluding carboxylic acids is 1. The van der Waals surface area contributed by atoms with Crippen molar-refractivity contribution >= 4 is 17.4 Å². The summed E-state index contributed by atoms with van der Waals surface area (Å²) in [4.78, 5) is 47.3. The molecule has 0 aromatic carbocycles. The molecule has 3 N–H and O–H groups in total. The van der Waals surface area contributed by atoms with Crippen LogP contribution >= 0.6 is 0 Å². The molecular formula is C23H40N6O3. The first-order chi connectivity index (χ1) is 15.2. The number of nitrogens with one attached hydrogen (secondary N) is 1. The Morgan fingerprint density at radius 2 is 1.78 bits per heavy atom.